The third-order valence-electron chi connectivity index (χ3n) is 8.46. The minimum atomic E-state index is 0.277. The van der Waals surface area contributed by atoms with Gasteiger partial charge in [-0.2, -0.15) is 0 Å². The van der Waals surface area contributed by atoms with Crippen molar-refractivity contribution >= 4 is 83.6 Å². The summed E-state index contributed by atoms with van der Waals surface area (Å²) in [7, 11) is 0. The van der Waals surface area contributed by atoms with E-state index in [1.165, 1.54) is 41.2 Å². The summed E-state index contributed by atoms with van der Waals surface area (Å²) >= 11 is 0.277. The molecule has 2 aromatic heterocycles. The van der Waals surface area contributed by atoms with E-state index in [0.717, 1.165) is 39.0 Å². The molecule has 3 heteroatoms. The van der Waals surface area contributed by atoms with Gasteiger partial charge in [-0.15, -0.1) is 0 Å². The second kappa shape index (κ2) is 9.74. The predicted octanol–water partition coefficient (Wildman–Crippen LogP) is 11.2. The van der Waals surface area contributed by atoms with E-state index in [9.17, 15) is 0 Å². The Bertz CT molecular complexity index is 2450. The SMILES string of the molecule is c1ccc(-c2ccc(N(c3ccc4c(c3)oc3ccccc34)c3ccc4ccc5c6ccccc6[se]c5c4c3)cc2)cc1. The van der Waals surface area contributed by atoms with Gasteiger partial charge in [0.15, 0.2) is 0 Å². The monoisotopic (exact) mass is 615 g/mol. The predicted molar refractivity (Wildman–Crippen MR) is 183 cm³/mol. The Hall–Kier alpha value is -5.08. The van der Waals surface area contributed by atoms with Crippen LogP contribution in [0.1, 0.15) is 0 Å². The van der Waals surface area contributed by atoms with Gasteiger partial charge in [0.1, 0.15) is 0 Å². The molecule has 0 aliphatic heterocycles. The van der Waals surface area contributed by atoms with E-state index in [0.29, 0.717) is 0 Å². The number of fused-ring (bicyclic) bond motifs is 8. The van der Waals surface area contributed by atoms with Crippen molar-refractivity contribution in [3.05, 3.63) is 152 Å². The summed E-state index contributed by atoms with van der Waals surface area (Å²) in [6.07, 6.45) is 0. The van der Waals surface area contributed by atoms with Crippen LogP contribution >= 0.6 is 0 Å². The molecule has 43 heavy (non-hydrogen) atoms. The molecule has 2 heterocycles. The van der Waals surface area contributed by atoms with Crippen LogP contribution in [0.25, 0.3) is 63.1 Å². The van der Waals surface area contributed by atoms with Crippen molar-refractivity contribution < 1.29 is 4.42 Å². The molecule has 0 atom stereocenters. The van der Waals surface area contributed by atoms with Gasteiger partial charge in [-0.1, -0.05) is 6.07 Å². The third kappa shape index (κ3) is 4.01. The van der Waals surface area contributed by atoms with Crippen molar-refractivity contribution in [1.82, 2.24) is 0 Å². The molecule has 0 N–H and O–H groups in total. The zero-order valence-corrected chi connectivity index (χ0v) is 24.9. The number of anilines is 3. The number of para-hydroxylation sites is 1. The minimum absolute atomic E-state index is 0.277. The Morgan fingerprint density at radius 2 is 1.05 bits per heavy atom. The molecule has 9 aromatic rings. The molecule has 0 saturated heterocycles. The Labute approximate surface area is 254 Å². The number of furan rings is 1. The van der Waals surface area contributed by atoms with E-state index in [4.69, 9.17) is 4.42 Å². The fourth-order valence-electron chi connectivity index (χ4n) is 6.36. The number of nitrogens with zero attached hydrogens (tertiary/aromatic N) is 1. The Balaban J connectivity index is 1.26. The first-order valence-corrected chi connectivity index (χ1v) is 16.2. The molecule has 2 nitrogen and oxygen atoms in total. The van der Waals surface area contributed by atoms with Gasteiger partial charge in [0.25, 0.3) is 0 Å². The van der Waals surface area contributed by atoms with Crippen LogP contribution in [-0.2, 0) is 0 Å². The fraction of sp³-hybridized carbons (Fsp3) is 0. The van der Waals surface area contributed by atoms with Gasteiger partial charge < -0.3 is 0 Å². The standard InChI is InChI=1S/C40H25NOSe/c1-2-8-26(9-3-1)27-14-18-29(19-15-27)41(31-21-23-33-32-10-4-6-12-37(32)42-38(33)25-31)30-20-16-28-17-22-35-34-11-5-7-13-39(34)43-40(35)36(28)24-30/h1-25H. The van der Waals surface area contributed by atoms with Gasteiger partial charge in [0.05, 0.1) is 0 Å². The number of hydrogen-bond donors (Lipinski definition) is 0. The summed E-state index contributed by atoms with van der Waals surface area (Å²) in [5.74, 6) is 0. The van der Waals surface area contributed by atoms with Gasteiger partial charge in [-0.25, -0.2) is 0 Å². The molecule has 9 rings (SSSR count). The normalized spacial score (nSPS) is 11.7. The number of hydrogen-bond acceptors (Lipinski definition) is 2. The number of rotatable bonds is 4. The van der Waals surface area contributed by atoms with E-state index in [1.807, 2.05) is 12.1 Å². The van der Waals surface area contributed by atoms with Crippen molar-refractivity contribution in [2.24, 2.45) is 0 Å². The van der Waals surface area contributed by atoms with E-state index in [1.54, 1.807) is 0 Å². The van der Waals surface area contributed by atoms with Crippen molar-refractivity contribution in [3.8, 4) is 11.1 Å². The second-order valence-electron chi connectivity index (χ2n) is 11.0. The molecule has 0 fully saturated rings. The van der Waals surface area contributed by atoms with Crippen molar-refractivity contribution in [1.29, 1.82) is 0 Å². The summed E-state index contributed by atoms with van der Waals surface area (Å²) in [5.41, 5.74) is 7.54. The summed E-state index contributed by atoms with van der Waals surface area (Å²) in [4.78, 5) is 2.36. The maximum atomic E-state index is 6.33. The fourth-order valence-corrected chi connectivity index (χ4v) is 8.94. The summed E-state index contributed by atoms with van der Waals surface area (Å²) in [6, 6.07) is 54.7. The van der Waals surface area contributed by atoms with Crippen molar-refractivity contribution in [3.63, 3.8) is 0 Å². The molecular weight excluding hydrogens is 589 g/mol. The first-order chi connectivity index (χ1) is 21.3. The van der Waals surface area contributed by atoms with E-state index in [-0.39, 0.29) is 14.5 Å². The van der Waals surface area contributed by atoms with Crippen molar-refractivity contribution in [2.45, 2.75) is 0 Å². The zero-order chi connectivity index (χ0) is 28.3. The molecule has 0 bridgehead atoms. The van der Waals surface area contributed by atoms with E-state index >= 15 is 0 Å². The molecule has 0 aliphatic carbocycles. The van der Waals surface area contributed by atoms with Crippen molar-refractivity contribution in [2.75, 3.05) is 4.90 Å². The van der Waals surface area contributed by atoms with Gasteiger partial charge in [-0.3, -0.25) is 0 Å². The van der Waals surface area contributed by atoms with E-state index in [2.05, 4.69) is 144 Å². The van der Waals surface area contributed by atoms with Gasteiger partial charge in [0.2, 0.25) is 0 Å². The molecule has 0 unspecified atom stereocenters. The quantitative estimate of drug-likeness (QED) is 0.183. The Morgan fingerprint density at radius 1 is 0.419 bits per heavy atom. The van der Waals surface area contributed by atoms with Crippen LogP contribution in [0.15, 0.2) is 156 Å². The third-order valence-corrected chi connectivity index (χ3v) is 11.0. The van der Waals surface area contributed by atoms with Crippen LogP contribution in [0, 0.1) is 0 Å². The molecular formula is C40H25NOSe. The first-order valence-electron chi connectivity index (χ1n) is 14.5. The van der Waals surface area contributed by atoms with Crippen LogP contribution in [0.5, 0.6) is 0 Å². The van der Waals surface area contributed by atoms with Gasteiger partial charge in [0, 0.05) is 0 Å². The average molecular weight is 615 g/mol. The summed E-state index contributed by atoms with van der Waals surface area (Å²) in [5, 5.41) is 7.66. The molecule has 202 valence electrons. The van der Waals surface area contributed by atoms with Crippen LogP contribution < -0.4 is 4.90 Å². The number of benzene rings is 7. The van der Waals surface area contributed by atoms with E-state index < -0.39 is 0 Å². The maximum absolute atomic E-state index is 6.33. The van der Waals surface area contributed by atoms with Crippen LogP contribution in [-0.4, -0.2) is 14.5 Å². The van der Waals surface area contributed by atoms with Crippen LogP contribution in [0.2, 0.25) is 0 Å². The average Bonchev–Trinajstić information content (AvgIpc) is 3.64. The molecule has 0 saturated carbocycles. The summed E-state index contributed by atoms with van der Waals surface area (Å²) < 4.78 is 9.27. The van der Waals surface area contributed by atoms with Gasteiger partial charge >= 0.3 is 250 Å². The Morgan fingerprint density at radius 3 is 1.93 bits per heavy atom. The molecule has 0 spiro atoms. The topological polar surface area (TPSA) is 16.4 Å². The van der Waals surface area contributed by atoms with Crippen LogP contribution in [0.4, 0.5) is 17.1 Å². The first kappa shape index (κ1) is 24.5. The molecule has 0 amide bonds. The molecule has 7 aromatic carbocycles. The second-order valence-corrected chi connectivity index (χ2v) is 13.2. The summed E-state index contributed by atoms with van der Waals surface area (Å²) in [6.45, 7) is 0. The van der Waals surface area contributed by atoms with Gasteiger partial charge in [-0.05, 0) is 0 Å². The molecule has 0 aliphatic rings. The molecule has 0 radical (unpaired) electrons. The Kier molecular flexibility index (Phi) is 5.55. The zero-order valence-electron chi connectivity index (χ0n) is 23.2. The van der Waals surface area contributed by atoms with Crippen LogP contribution in [0.3, 0.4) is 0 Å².